The van der Waals surface area contributed by atoms with Crippen molar-refractivity contribution in [2.45, 2.75) is 67.5 Å². The SMILES string of the molecule is C.C.C#Cc1ccc(Cn2c(=O)[nH]c3cnc(-c4ccccc4C(C)C)nc32)cc1.CC(C)c1ccccc1-c1ncc2[nH]c(=O)n(Cc3ccc(-c4cn[nH]n4)cc3)c2n1. The number of hydrogen-bond acceptors (Lipinski definition) is 8. The second-order valence-electron chi connectivity index (χ2n) is 14.8. The Balaban J connectivity index is 0.000000199. The predicted molar refractivity (Wildman–Crippen MR) is 243 cm³/mol. The van der Waals surface area contributed by atoms with Crippen molar-refractivity contribution in [1.82, 2.24) is 54.4 Å². The van der Waals surface area contributed by atoms with Gasteiger partial charge in [0.1, 0.15) is 16.7 Å². The van der Waals surface area contributed by atoms with Gasteiger partial charge in [-0.25, -0.2) is 29.5 Å². The highest BCUT2D eigenvalue weighted by Gasteiger charge is 2.17. The molecule has 3 N–H and O–H groups in total. The summed E-state index contributed by atoms with van der Waals surface area (Å²) in [5.41, 5.74) is 10.8. The molecule has 0 amide bonds. The Morgan fingerprint density at radius 1 is 0.623 bits per heavy atom. The molecule has 5 aromatic heterocycles. The molecule has 61 heavy (non-hydrogen) atoms. The maximum Gasteiger partial charge on any atom is 0.328 e. The van der Waals surface area contributed by atoms with Gasteiger partial charge in [0, 0.05) is 22.3 Å². The number of aromatic amines is 3. The Bertz CT molecular complexity index is 3060. The summed E-state index contributed by atoms with van der Waals surface area (Å²) in [6.07, 6.45) is 10.4. The van der Waals surface area contributed by atoms with Gasteiger partial charge in [0.05, 0.1) is 31.7 Å². The maximum absolute atomic E-state index is 12.6. The summed E-state index contributed by atoms with van der Waals surface area (Å²) in [4.78, 5) is 49.3. The lowest BCUT2D eigenvalue weighted by molar-refractivity contribution is 0.777. The molecule has 0 unspecified atom stereocenters. The van der Waals surface area contributed by atoms with Crippen LogP contribution in [-0.4, -0.2) is 54.4 Å². The molecule has 0 saturated carbocycles. The van der Waals surface area contributed by atoms with E-state index in [0.717, 1.165) is 39.1 Å². The summed E-state index contributed by atoms with van der Waals surface area (Å²) in [5.74, 6) is 4.52. The third-order valence-electron chi connectivity index (χ3n) is 10.1. The second-order valence-corrected chi connectivity index (χ2v) is 14.8. The lowest BCUT2D eigenvalue weighted by Crippen LogP contribution is -2.17. The van der Waals surface area contributed by atoms with E-state index in [9.17, 15) is 9.59 Å². The molecule has 0 radical (unpaired) electrons. The lowest BCUT2D eigenvalue weighted by atomic mass is 9.97. The van der Waals surface area contributed by atoms with Gasteiger partial charge in [-0.3, -0.25) is 9.13 Å². The molecule has 0 aliphatic rings. The van der Waals surface area contributed by atoms with Crippen LogP contribution < -0.4 is 11.4 Å². The van der Waals surface area contributed by atoms with Crippen LogP contribution in [0.25, 0.3) is 56.4 Å². The highest BCUT2D eigenvalue weighted by molar-refractivity contribution is 5.75. The van der Waals surface area contributed by atoms with E-state index in [1.54, 1.807) is 27.7 Å². The fourth-order valence-electron chi connectivity index (χ4n) is 7.05. The molecule has 5 heterocycles. The van der Waals surface area contributed by atoms with Crippen LogP contribution in [0.4, 0.5) is 0 Å². The summed E-state index contributed by atoms with van der Waals surface area (Å²) >= 11 is 0. The van der Waals surface area contributed by atoms with Crippen LogP contribution in [-0.2, 0) is 13.1 Å². The number of rotatable bonds is 9. The van der Waals surface area contributed by atoms with Crippen molar-refractivity contribution >= 4 is 22.3 Å². The van der Waals surface area contributed by atoms with Crippen molar-refractivity contribution in [3.8, 4) is 46.4 Å². The Kier molecular flexibility index (Phi) is 13.0. The zero-order chi connectivity index (χ0) is 41.0. The van der Waals surface area contributed by atoms with Crippen LogP contribution in [0.5, 0.6) is 0 Å². The minimum Gasteiger partial charge on any atom is -0.303 e. The zero-order valence-corrected chi connectivity index (χ0v) is 33.0. The van der Waals surface area contributed by atoms with Gasteiger partial charge in [-0.2, -0.15) is 15.4 Å². The standard InChI is InChI=1S/C23H21N7O.C23H20N4O.2CH4/c1-14(2)17-5-3-4-6-18(17)21-24-11-20-22(27-21)30(23(31)26-20)13-15-7-9-16(10-8-15)19-12-25-29-28-19;1-4-16-9-11-17(12-10-16)14-27-22-20(25-23(27)28)13-24-21(26-22)19-8-6-5-7-18(19)15(2)3;;/h3-12,14H,13H2,1-2H3,(H,26,31)(H,25,28,29);1,5-13,15H,14H2,2-3H3,(H,25,28);2*1H4. The number of hydrogen-bond donors (Lipinski definition) is 3. The summed E-state index contributed by atoms with van der Waals surface area (Å²) in [6, 6.07) is 31.7. The Labute approximate surface area is 354 Å². The molecular weight excluding hydrogens is 763 g/mol. The second kappa shape index (κ2) is 18.5. The number of terminal acetylenes is 1. The number of nitrogens with one attached hydrogen (secondary N) is 3. The molecule has 0 bridgehead atoms. The van der Waals surface area contributed by atoms with E-state index in [4.69, 9.17) is 16.4 Å². The van der Waals surface area contributed by atoms with E-state index in [-0.39, 0.29) is 26.2 Å². The van der Waals surface area contributed by atoms with Crippen LogP contribution in [0.2, 0.25) is 0 Å². The largest absolute Gasteiger partial charge is 0.328 e. The quantitative estimate of drug-likeness (QED) is 0.121. The number of benzene rings is 4. The number of imidazole rings is 2. The number of aromatic nitrogens is 11. The molecule has 0 aliphatic carbocycles. The van der Waals surface area contributed by atoms with Crippen molar-refractivity contribution in [2.75, 3.05) is 0 Å². The fraction of sp³-hybridized carbons (Fsp3) is 0.208. The molecule has 0 aliphatic heterocycles. The molecule has 9 aromatic rings. The van der Waals surface area contributed by atoms with Crippen molar-refractivity contribution < 1.29 is 0 Å². The predicted octanol–water partition coefficient (Wildman–Crippen LogP) is 8.96. The monoisotopic (exact) mass is 811 g/mol. The summed E-state index contributed by atoms with van der Waals surface area (Å²) in [6.45, 7) is 9.39. The molecule has 0 saturated heterocycles. The minimum atomic E-state index is -0.209. The normalized spacial score (nSPS) is 10.9. The number of H-pyrrole nitrogens is 3. The van der Waals surface area contributed by atoms with Gasteiger partial charge in [0.15, 0.2) is 22.9 Å². The van der Waals surface area contributed by atoms with Gasteiger partial charge in [-0.15, -0.1) is 6.42 Å². The molecule has 13 heteroatoms. The minimum absolute atomic E-state index is 0. The molecule has 9 rings (SSSR count). The highest BCUT2D eigenvalue weighted by atomic mass is 16.1. The van der Waals surface area contributed by atoms with Crippen molar-refractivity contribution in [1.29, 1.82) is 0 Å². The van der Waals surface area contributed by atoms with Crippen molar-refractivity contribution in [2.24, 2.45) is 0 Å². The van der Waals surface area contributed by atoms with E-state index < -0.39 is 0 Å². The average Bonchev–Trinajstić information content (AvgIpc) is 3.99. The van der Waals surface area contributed by atoms with Gasteiger partial charge in [0.25, 0.3) is 0 Å². The first-order chi connectivity index (χ1) is 28.7. The van der Waals surface area contributed by atoms with E-state index in [1.807, 2.05) is 84.9 Å². The van der Waals surface area contributed by atoms with Crippen LogP contribution >= 0.6 is 0 Å². The van der Waals surface area contributed by atoms with Gasteiger partial charge in [-0.05, 0) is 46.2 Å². The lowest BCUT2D eigenvalue weighted by Gasteiger charge is -2.11. The molecular formula is C48H49N11O2. The average molecular weight is 812 g/mol. The van der Waals surface area contributed by atoms with Crippen molar-refractivity contribution in [3.63, 3.8) is 0 Å². The number of fused-ring (bicyclic) bond motifs is 2. The van der Waals surface area contributed by atoms with Gasteiger partial charge in [-0.1, -0.05) is 133 Å². The molecule has 0 atom stereocenters. The van der Waals surface area contributed by atoms with E-state index >= 15 is 0 Å². The summed E-state index contributed by atoms with van der Waals surface area (Å²) in [7, 11) is 0. The molecule has 0 spiro atoms. The molecule has 308 valence electrons. The molecule has 4 aromatic carbocycles. The summed E-state index contributed by atoms with van der Waals surface area (Å²) < 4.78 is 3.27. The topological polar surface area (TPSA) is 169 Å². The smallest absolute Gasteiger partial charge is 0.303 e. The highest BCUT2D eigenvalue weighted by Crippen LogP contribution is 2.29. The first kappa shape index (κ1) is 42.9. The van der Waals surface area contributed by atoms with Crippen molar-refractivity contribution in [3.05, 3.63) is 164 Å². The van der Waals surface area contributed by atoms with Crippen LogP contribution in [0, 0.1) is 12.3 Å². The van der Waals surface area contributed by atoms with Gasteiger partial charge in [0.2, 0.25) is 0 Å². The Hall–Kier alpha value is -7.72. The maximum atomic E-state index is 12.6. The Morgan fingerprint density at radius 3 is 1.51 bits per heavy atom. The zero-order valence-electron chi connectivity index (χ0n) is 33.0. The first-order valence-electron chi connectivity index (χ1n) is 19.3. The fourth-order valence-corrected chi connectivity index (χ4v) is 7.05. The van der Waals surface area contributed by atoms with E-state index in [2.05, 4.69) is 81.1 Å². The van der Waals surface area contributed by atoms with Gasteiger partial charge >= 0.3 is 11.4 Å². The molecule has 0 fully saturated rings. The van der Waals surface area contributed by atoms with E-state index in [0.29, 0.717) is 58.9 Å². The third-order valence-corrected chi connectivity index (χ3v) is 10.1. The van der Waals surface area contributed by atoms with Crippen LogP contribution in [0.1, 0.15) is 82.2 Å². The summed E-state index contributed by atoms with van der Waals surface area (Å²) in [5, 5.41) is 10.5. The van der Waals surface area contributed by atoms with Gasteiger partial charge < -0.3 is 9.97 Å². The third kappa shape index (κ3) is 8.99. The molecule has 13 nitrogen and oxygen atoms in total. The van der Waals surface area contributed by atoms with Crippen LogP contribution in [0.15, 0.2) is 125 Å². The Morgan fingerprint density at radius 2 is 1.08 bits per heavy atom. The van der Waals surface area contributed by atoms with Crippen LogP contribution in [0.3, 0.4) is 0 Å². The first-order valence-corrected chi connectivity index (χ1v) is 19.3. The van der Waals surface area contributed by atoms with E-state index in [1.165, 1.54) is 11.1 Å². The number of nitrogens with zero attached hydrogens (tertiary/aromatic N) is 8.